The van der Waals surface area contributed by atoms with E-state index in [4.69, 9.17) is 11.6 Å². The minimum absolute atomic E-state index is 0.0510. The SMILES string of the molecule is O=C(c1cc(Cl)ccc1F)N1CCC(CCc2ccc(O)cc2)CC1. The number of hydrogen-bond donors (Lipinski definition) is 1. The molecule has 1 N–H and O–H groups in total. The van der Waals surface area contributed by atoms with Crippen molar-refractivity contribution in [3.8, 4) is 5.75 Å². The average Bonchev–Trinajstić information content (AvgIpc) is 2.63. The summed E-state index contributed by atoms with van der Waals surface area (Å²) in [7, 11) is 0. The van der Waals surface area contributed by atoms with Crippen molar-refractivity contribution in [3.05, 3.63) is 64.4 Å². The first-order valence-corrected chi connectivity index (χ1v) is 8.93. The summed E-state index contributed by atoms with van der Waals surface area (Å²) in [5.74, 6) is 0.0340. The highest BCUT2D eigenvalue weighted by Gasteiger charge is 2.25. The van der Waals surface area contributed by atoms with E-state index in [1.165, 1.54) is 23.8 Å². The van der Waals surface area contributed by atoms with Gasteiger partial charge >= 0.3 is 0 Å². The molecule has 1 aliphatic rings. The van der Waals surface area contributed by atoms with Gasteiger partial charge in [-0.05, 0) is 67.5 Å². The monoisotopic (exact) mass is 361 g/mol. The molecular weight excluding hydrogens is 341 g/mol. The van der Waals surface area contributed by atoms with E-state index in [-0.39, 0.29) is 17.2 Å². The molecule has 0 spiro atoms. The van der Waals surface area contributed by atoms with Crippen molar-refractivity contribution >= 4 is 17.5 Å². The minimum Gasteiger partial charge on any atom is -0.508 e. The number of phenols is 1. The number of amides is 1. The van der Waals surface area contributed by atoms with E-state index < -0.39 is 5.82 Å². The Balaban J connectivity index is 1.52. The molecule has 0 unspecified atom stereocenters. The van der Waals surface area contributed by atoms with Crippen LogP contribution in [0.1, 0.15) is 35.2 Å². The maximum Gasteiger partial charge on any atom is 0.256 e. The van der Waals surface area contributed by atoms with E-state index in [0.717, 1.165) is 25.7 Å². The molecule has 1 heterocycles. The van der Waals surface area contributed by atoms with Crippen LogP contribution in [-0.2, 0) is 6.42 Å². The van der Waals surface area contributed by atoms with E-state index >= 15 is 0 Å². The maximum absolute atomic E-state index is 13.9. The van der Waals surface area contributed by atoms with Crippen LogP contribution in [0, 0.1) is 11.7 Å². The first kappa shape index (κ1) is 17.7. The molecule has 1 saturated heterocycles. The minimum atomic E-state index is -0.524. The molecular formula is C20H21ClFNO2. The first-order valence-electron chi connectivity index (χ1n) is 8.55. The molecule has 2 aromatic rings. The summed E-state index contributed by atoms with van der Waals surface area (Å²) in [6, 6.07) is 11.4. The molecule has 0 aromatic heterocycles. The van der Waals surface area contributed by atoms with Crippen LogP contribution in [0.25, 0.3) is 0 Å². The van der Waals surface area contributed by atoms with Gasteiger partial charge in [-0.15, -0.1) is 0 Å². The summed E-state index contributed by atoms with van der Waals surface area (Å²) in [6.45, 7) is 1.29. The number of likely N-dealkylation sites (tertiary alicyclic amines) is 1. The Morgan fingerprint density at radius 2 is 1.84 bits per heavy atom. The van der Waals surface area contributed by atoms with Gasteiger partial charge in [0, 0.05) is 18.1 Å². The number of carbonyl (C=O) groups is 1. The number of aromatic hydroxyl groups is 1. The van der Waals surface area contributed by atoms with E-state index in [2.05, 4.69) is 0 Å². The molecule has 0 bridgehead atoms. The molecule has 0 radical (unpaired) electrons. The van der Waals surface area contributed by atoms with Crippen LogP contribution >= 0.6 is 11.6 Å². The third-order valence-corrected chi connectivity index (χ3v) is 5.07. The molecule has 3 rings (SSSR count). The number of halogens is 2. The Kier molecular flexibility index (Phi) is 5.59. The van der Waals surface area contributed by atoms with Crippen LogP contribution < -0.4 is 0 Å². The second kappa shape index (κ2) is 7.87. The molecule has 5 heteroatoms. The lowest BCUT2D eigenvalue weighted by molar-refractivity contribution is 0.0682. The van der Waals surface area contributed by atoms with Gasteiger partial charge < -0.3 is 10.0 Å². The maximum atomic E-state index is 13.9. The Labute approximate surface area is 152 Å². The van der Waals surface area contributed by atoms with E-state index in [1.54, 1.807) is 17.0 Å². The molecule has 25 heavy (non-hydrogen) atoms. The summed E-state index contributed by atoms with van der Waals surface area (Å²) in [5.41, 5.74) is 1.26. The quantitative estimate of drug-likeness (QED) is 0.859. The normalized spacial score (nSPS) is 15.4. The fourth-order valence-electron chi connectivity index (χ4n) is 3.29. The Hall–Kier alpha value is -2.07. The summed E-state index contributed by atoms with van der Waals surface area (Å²) < 4.78 is 13.9. The largest absolute Gasteiger partial charge is 0.508 e. The van der Waals surface area contributed by atoms with Gasteiger partial charge in [0.05, 0.1) is 5.56 Å². The molecule has 0 atom stereocenters. The van der Waals surface area contributed by atoms with Crippen LogP contribution in [-0.4, -0.2) is 29.0 Å². The summed E-state index contributed by atoms with van der Waals surface area (Å²) in [5, 5.41) is 9.68. The van der Waals surface area contributed by atoms with Crippen molar-refractivity contribution in [2.75, 3.05) is 13.1 Å². The molecule has 2 aromatic carbocycles. The lowest BCUT2D eigenvalue weighted by atomic mass is 9.90. The van der Waals surface area contributed by atoms with E-state index in [0.29, 0.717) is 24.0 Å². The van der Waals surface area contributed by atoms with E-state index in [1.807, 2.05) is 12.1 Å². The van der Waals surface area contributed by atoms with Crippen LogP contribution in [0.15, 0.2) is 42.5 Å². The second-order valence-corrected chi connectivity index (χ2v) is 7.00. The number of carbonyl (C=O) groups excluding carboxylic acids is 1. The van der Waals surface area contributed by atoms with Gasteiger partial charge in [0.1, 0.15) is 11.6 Å². The highest BCUT2D eigenvalue weighted by molar-refractivity contribution is 6.31. The number of benzene rings is 2. The molecule has 0 saturated carbocycles. The van der Waals surface area contributed by atoms with Gasteiger partial charge in [-0.3, -0.25) is 4.79 Å². The zero-order valence-corrected chi connectivity index (χ0v) is 14.7. The van der Waals surface area contributed by atoms with Crippen molar-refractivity contribution in [3.63, 3.8) is 0 Å². The number of hydrogen-bond acceptors (Lipinski definition) is 2. The fourth-order valence-corrected chi connectivity index (χ4v) is 3.46. The number of nitrogens with zero attached hydrogens (tertiary/aromatic N) is 1. The Morgan fingerprint density at radius 3 is 2.52 bits per heavy atom. The molecule has 3 nitrogen and oxygen atoms in total. The number of piperidine rings is 1. The average molecular weight is 362 g/mol. The lowest BCUT2D eigenvalue weighted by Gasteiger charge is -2.32. The van der Waals surface area contributed by atoms with Gasteiger partial charge in [-0.2, -0.15) is 0 Å². The van der Waals surface area contributed by atoms with E-state index in [9.17, 15) is 14.3 Å². The zero-order valence-electron chi connectivity index (χ0n) is 13.9. The summed E-state index contributed by atoms with van der Waals surface area (Å²) in [4.78, 5) is 14.2. The van der Waals surface area contributed by atoms with Crippen molar-refractivity contribution in [2.45, 2.75) is 25.7 Å². The third-order valence-electron chi connectivity index (χ3n) is 4.84. The number of aryl methyl sites for hydroxylation is 1. The second-order valence-electron chi connectivity index (χ2n) is 6.56. The number of rotatable bonds is 4. The molecule has 1 amide bonds. The van der Waals surface area contributed by atoms with Crippen LogP contribution in [0.5, 0.6) is 5.75 Å². The van der Waals surface area contributed by atoms with Gasteiger partial charge in [-0.25, -0.2) is 4.39 Å². The smallest absolute Gasteiger partial charge is 0.256 e. The zero-order chi connectivity index (χ0) is 17.8. The molecule has 132 valence electrons. The van der Waals surface area contributed by atoms with Gasteiger partial charge in [0.2, 0.25) is 0 Å². The Bertz CT molecular complexity index is 740. The standard InChI is InChI=1S/C20H21ClFNO2/c21-16-5-8-19(22)18(13-16)20(25)23-11-9-15(10-12-23)2-1-14-3-6-17(24)7-4-14/h3-8,13,15,24H,1-2,9-12H2. The predicted octanol–water partition coefficient (Wildman–Crippen LogP) is 4.67. The van der Waals surface area contributed by atoms with Gasteiger partial charge in [0.25, 0.3) is 5.91 Å². The summed E-state index contributed by atoms with van der Waals surface area (Å²) in [6.07, 6.45) is 3.86. The van der Waals surface area contributed by atoms with Gasteiger partial charge in [-0.1, -0.05) is 23.7 Å². The van der Waals surface area contributed by atoms with Crippen molar-refractivity contribution < 1.29 is 14.3 Å². The lowest BCUT2D eigenvalue weighted by Crippen LogP contribution is -2.39. The van der Waals surface area contributed by atoms with Crippen molar-refractivity contribution in [1.82, 2.24) is 4.90 Å². The number of phenolic OH excluding ortho intramolecular Hbond substituents is 1. The molecule has 0 aliphatic carbocycles. The van der Waals surface area contributed by atoms with Crippen LogP contribution in [0.3, 0.4) is 0 Å². The Morgan fingerprint density at radius 1 is 1.16 bits per heavy atom. The van der Waals surface area contributed by atoms with Crippen molar-refractivity contribution in [1.29, 1.82) is 0 Å². The predicted molar refractivity (Wildman–Crippen MR) is 96.5 cm³/mol. The van der Waals surface area contributed by atoms with Crippen molar-refractivity contribution in [2.24, 2.45) is 5.92 Å². The van der Waals surface area contributed by atoms with Crippen LogP contribution in [0.2, 0.25) is 5.02 Å². The topological polar surface area (TPSA) is 40.5 Å². The fraction of sp³-hybridized carbons (Fsp3) is 0.350. The highest BCUT2D eigenvalue weighted by Crippen LogP contribution is 2.25. The van der Waals surface area contributed by atoms with Crippen LogP contribution in [0.4, 0.5) is 4.39 Å². The molecule has 1 fully saturated rings. The highest BCUT2D eigenvalue weighted by atomic mass is 35.5. The third kappa shape index (κ3) is 4.51. The molecule has 1 aliphatic heterocycles. The first-order chi connectivity index (χ1) is 12.0. The summed E-state index contributed by atoms with van der Waals surface area (Å²) >= 11 is 5.88. The van der Waals surface area contributed by atoms with Gasteiger partial charge in [0.15, 0.2) is 0 Å².